The number of nitrogens with two attached hydrogens (primary N) is 1. The lowest BCUT2D eigenvalue weighted by Gasteiger charge is -2.23. The van der Waals surface area contributed by atoms with Crippen LogP contribution >= 0.6 is 0 Å². The Morgan fingerprint density at radius 1 is 0.971 bits per heavy atom. The first-order valence-electron chi connectivity index (χ1n) is 11.0. The summed E-state index contributed by atoms with van der Waals surface area (Å²) >= 11 is 0. The van der Waals surface area contributed by atoms with Crippen molar-refractivity contribution in [3.63, 3.8) is 0 Å². The van der Waals surface area contributed by atoms with Crippen molar-refractivity contribution < 1.29 is 13.9 Å². The highest BCUT2D eigenvalue weighted by molar-refractivity contribution is 6.04. The maximum Gasteiger partial charge on any atom is 0.255 e. The summed E-state index contributed by atoms with van der Waals surface area (Å²) < 4.78 is 11.0. The monoisotopic (exact) mass is 456 g/mol. The van der Waals surface area contributed by atoms with E-state index in [1.807, 2.05) is 75.4 Å². The van der Waals surface area contributed by atoms with E-state index < -0.39 is 5.54 Å². The Morgan fingerprint density at radius 2 is 1.68 bits per heavy atom. The molecule has 7 heteroatoms. The molecular weight excluding hydrogens is 428 g/mol. The Hall–Kier alpha value is -3.97. The maximum atomic E-state index is 12.9. The predicted molar refractivity (Wildman–Crippen MR) is 133 cm³/mol. The van der Waals surface area contributed by atoms with Gasteiger partial charge in [0.25, 0.3) is 5.91 Å². The van der Waals surface area contributed by atoms with E-state index in [0.717, 1.165) is 27.8 Å². The first kappa shape index (κ1) is 23.2. The lowest BCUT2D eigenvalue weighted by molar-refractivity contribution is 0.102. The van der Waals surface area contributed by atoms with Crippen LogP contribution in [0.2, 0.25) is 0 Å². The molecule has 0 unspecified atom stereocenters. The van der Waals surface area contributed by atoms with Crippen molar-refractivity contribution in [2.75, 3.05) is 12.4 Å². The number of rotatable bonds is 6. The van der Waals surface area contributed by atoms with Gasteiger partial charge in [0.05, 0.1) is 7.11 Å². The molecule has 1 aromatic heterocycles. The first-order chi connectivity index (χ1) is 16.2. The molecule has 0 saturated carbocycles. The highest BCUT2D eigenvalue weighted by Crippen LogP contribution is 2.31. The van der Waals surface area contributed by atoms with Crippen molar-refractivity contribution in [1.82, 2.24) is 10.2 Å². The van der Waals surface area contributed by atoms with Crippen LogP contribution in [0, 0.1) is 13.8 Å². The number of amides is 1. The number of nitrogens with one attached hydrogen (secondary N) is 1. The zero-order chi connectivity index (χ0) is 24.5. The van der Waals surface area contributed by atoms with E-state index in [9.17, 15) is 4.79 Å². The Morgan fingerprint density at radius 3 is 2.29 bits per heavy atom. The average Bonchev–Trinajstić information content (AvgIpc) is 3.25. The van der Waals surface area contributed by atoms with E-state index in [0.29, 0.717) is 28.8 Å². The third-order valence-corrected chi connectivity index (χ3v) is 5.62. The summed E-state index contributed by atoms with van der Waals surface area (Å²) in [6.07, 6.45) is 0. The molecule has 1 amide bonds. The second kappa shape index (κ2) is 9.11. The number of hydrogen-bond donors (Lipinski definition) is 2. The van der Waals surface area contributed by atoms with Crippen LogP contribution in [0.5, 0.6) is 5.75 Å². The lowest BCUT2D eigenvalue weighted by atomic mass is 9.94. The predicted octanol–water partition coefficient (Wildman–Crippen LogP) is 5.48. The summed E-state index contributed by atoms with van der Waals surface area (Å²) in [6.45, 7) is 7.59. The van der Waals surface area contributed by atoms with Gasteiger partial charge in [0.1, 0.15) is 5.75 Å². The number of anilines is 1. The summed E-state index contributed by atoms with van der Waals surface area (Å²) in [5, 5.41) is 11.0. The number of nitrogens with zero attached hydrogens (tertiary/aromatic N) is 2. The van der Waals surface area contributed by atoms with Gasteiger partial charge in [0.15, 0.2) is 0 Å². The van der Waals surface area contributed by atoms with Gasteiger partial charge in [-0.2, -0.15) is 0 Å². The molecule has 0 aliphatic heterocycles. The minimum atomic E-state index is -0.611. The fourth-order valence-corrected chi connectivity index (χ4v) is 3.77. The van der Waals surface area contributed by atoms with Crippen molar-refractivity contribution in [3.05, 3.63) is 83.2 Å². The maximum absolute atomic E-state index is 12.9. The molecule has 34 heavy (non-hydrogen) atoms. The molecule has 0 aliphatic rings. The number of benzene rings is 3. The SMILES string of the molecule is COc1ccc(NC(=O)c2ccc(-c3cc(-c4nnc(C)o4)ccc3C)cc2)cc1C(C)(C)N. The van der Waals surface area contributed by atoms with Gasteiger partial charge in [-0.3, -0.25) is 4.79 Å². The van der Waals surface area contributed by atoms with Crippen molar-refractivity contribution in [1.29, 1.82) is 0 Å². The second-order valence-corrected chi connectivity index (χ2v) is 8.82. The van der Waals surface area contributed by atoms with E-state index in [-0.39, 0.29) is 5.91 Å². The molecular formula is C27H28N4O3. The van der Waals surface area contributed by atoms with Crippen LogP contribution < -0.4 is 15.8 Å². The van der Waals surface area contributed by atoms with Gasteiger partial charge in [-0.15, -0.1) is 10.2 Å². The molecule has 0 aliphatic carbocycles. The van der Waals surface area contributed by atoms with Gasteiger partial charge < -0.3 is 20.2 Å². The average molecular weight is 457 g/mol. The number of hydrogen-bond acceptors (Lipinski definition) is 6. The van der Waals surface area contributed by atoms with Gasteiger partial charge in [-0.1, -0.05) is 18.2 Å². The molecule has 0 fully saturated rings. The van der Waals surface area contributed by atoms with Crippen LogP contribution in [0.15, 0.2) is 65.1 Å². The van der Waals surface area contributed by atoms with Gasteiger partial charge >= 0.3 is 0 Å². The zero-order valence-electron chi connectivity index (χ0n) is 20.0. The summed E-state index contributed by atoms with van der Waals surface area (Å²) in [4.78, 5) is 12.9. The van der Waals surface area contributed by atoms with Gasteiger partial charge in [-0.25, -0.2) is 0 Å². The minimum Gasteiger partial charge on any atom is -0.496 e. The highest BCUT2D eigenvalue weighted by atomic mass is 16.5. The molecule has 0 spiro atoms. The van der Waals surface area contributed by atoms with E-state index in [2.05, 4.69) is 15.5 Å². The van der Waals surface area contributed by atoms with E-state index in [4.69, 9.17) is 14.9 Å². The summed E-state index contributed by atoms with van der Waals surface area (Å²) in [7, 11) is 1.60. The quantitative estimate of drug-likeness (QED) is 0.398. The Kier molecular flexibility index (Phi) is 6.22. The third-order valence-electron chi connectivity index (χ3n) is 5.62. The molecule has 0 radical (unpaired) electrons. The van der Waals surface area contributed by atoms with Crippen LogP contribution in [-0.2, 0) is 5.54 Å². The van der Waals surface area contributed by atoms with Crippen molar-refractivity contribution in [2.24, 2.45) is 5.73 Å². The van der Waals surface area contributed by atoms with E-state index in [1.165, 1.54) is 0 Å². The normalized spacial score (nSPS) is 11.4. The van der Waals surface area contributed by atoms with Gasteiger partial charge in [-0.05, 0) is 79.9 Å². The second-order valence-electron chi connectivity index (χ2n) is 8.82. The molecule has 1 heterocycles. The van der Waals surface area contributed by atoms with Crippen LogP contribution in [-0.4, -0.2) is 23.2 Å². The summed E-state index contributed by atoms with van der Waals surface area (Å²) in [6, 6.07) is 18.9. The molecule has 3 aromatic carbocycles. The number of carbonyl (C=O) groups is 1. The highest BCUT2D eigenvalue weighted by Gasteiger charge is 2.20. The van der Waals surface area contributed by atoms with Crippen LogP contribution in [0.4, 0.5) is 5.69 Å². The molecule has 3 N–H and O–H groups in total. The van der Waals surface area contributed by atoms with Crippen LogP contribution in [0.3, 0.4) is 0 Å². The number of ether oxygens (including phenoxy) is 1. The lowest BCUT2D eigenvalue weighted by Crippen LogP contribution is -2.29. The fraction of sp³-hybridized carbons (Fsp3) is 0.222. The largest absolute Gasteiger partial charge is 0.496 e. The molecule has 0 saturated heterocycles. The summed E-state index contributed by atoms with van der Waals surface area (Å²) in [5.74, 6) is 1.48. The van der Waals surface area contributed by atoms with Crippen LogP contribution in [0.1, 0.15) is 41.2 Å². The topological polar surface area (TPSA) is 103 Å². The Labute approximate surface area is 199 Å². The van der Waals surface area contributed by atoms with Gasteiger partial charge in [0.2, 0.25) is 11.8 Å². The van der Waals surface area contributed by atoms with Crippen LogP contribution in [0.25, 0.3) is 22.6 Å². The minimum absolute atomic E-state index is 0.204. The van der Waals surface area contributed by atoms with Crippen molar-refractivity contribution in [2.45, 2.75) is 33.2 Å². The van der Waals surface area contributed by atoms with Crippen molar-refractivity contribution >= 4 is 11.6 Å². The van der Waals surface area contributed by atoms with E-state index in [1.54, 1.807) is 20.1 Å². The molecule has 4 rings (SSSR count). The molecule has 0 atom stereocenters. The Balaban J connectivity index is 1.56. The molecule has 4 aromatic rings. The fourth-order valence-electron chi connectivity index (χ4n) is 3.77. The van der Waals surface area contributed by atoms with Crippen molar-refractivity contribution in [3.8, 4) is 28.3 Å². The molecule has 174 valence electrons. The number of methoxy groups -OCH3 is 1. The first-order valence-corrected chi connectivity index (χ1v) is 11.0. The summed E-state index contributed by atoms with van der Waals surface area (Å²) in [5.41, 5.74) is 11.7. The number of carbonyl (C=O) groups excluding carboxylic acids is 1. The zero-order valence-corrected chi connectivity index (χ0v) is 20.0. The van der Waals surface area contributed by atoms with E-state index >= 15 is 0 Å². The molecule has 0 bridgehead atoms. The van der Waals surface area contributed by atoms with Gasteiger partial charge in [0, 0.05) is 34.8 Å². The number of aromatic nitrogens is 2. The smallest absolute Gasteiger partial charge is 0.255 e. The molecule has 7 nitrogen and oxygen atoms in total. The third kappa shape index (κ3) is 4.84. The number of aryl methyl sites for hydroxylation is 2. The Bertz CT molecular complexity index is 1330. The standard InChI is InChI=1S/C27H28N4O3/c1-16-6-7-20(26-31-30-17(2)34-26)14-22(16)18-8-10-19(11-9-18)25(32)29-21-12-13-24(33-5)23(15-21)27(3,4)28/h6-15H,28H2,1-5H3,(H,29,32).